The molecule has 12 aromatic carbocycles. The van der Waals surface area contributed by atoms with Gasteiger partial charge >= 0.3 is 6.85 Å². The zero-order valence-electron chi connectivity index (χ0n) is 57.4. The minimum Gasteiger partial charge on any atom is -0.455 e. The van der Waals surface area contributed by atoms with Crippen molar-refractivity contribution in [3.63, 3.8) is 0 Å². The fourth-order valence-corrected chi connectivity index (χ4v) is 16.4. The summed E-state index contributed by atoms with van der Waals surface area (Å²) < 4.78 is 17.3. The maximum absolute atomic E-state index is 7.45. The standard InChI is InChI=1S/C90H78BN3O2S/c1-87(2,3)58-32-39-62(40-33-58)92(63-41-34-59(35-42-63)88(4,5)6)65-45-46-67-69-50-73-76(54-81(69)97-80(67)49-65)94(64-43-36-60(37-44-64)89(7,8)9)91-74-51-70-72(85(57-28-20-15-21-29-57)96-84(70)56-26-18-14-19-27-56)52-77(74)93(75-47-38-61(90(10,11)12)48-68(75)55-24-16-13-17-25-55)78-53-71-66-30-22-23-31-79(66)95-86(71)82(73)83(78)91/h13-54H,1-12H3. The number of rotatable bonds is 8. The summed E-state index contributed by atoms with van der Waals surface area (Å²) in [7, 11) is 0. The van der Waals surface area contributed by atoms with Crippen LogP contribution in [0.4, 0.5) is 45.5 Å². The highest BCUT2D eigenvalue weighted by Crippen LogP contribution is 2.56. The summed E-state index contributed by atoms with van der Waals surface area (Å²) in [6.45, 7) is 27.2. The minimum absolute atomic E-state index is 0.0200. The Balaban J connectivity index is 0.987. The molecule has 17 rings (SSSR count). The maximum Gasteiger partial charge on any atom is 0.333 e. The van der Waals surface area contributed by atoms with E-state index in [1.54, 1.807) is 0 Å². The van der Waals surface area contributed by atoms with Crippen molar-refractivity contribution in [2.24, 2.45) is 0 Å². The van der Waals surface area contributed by atoms with Crippen LogP contribution in [-0.2, 0) is 21.7 Å². The first-order valence-electron chi connectivity index (χ1n) is 34.2. The molecule has 5 nitrogen and oxygen atoms in total. The zero-order chi connectivity index (χ0) is 66.6. The van der Waals surface area contributed by atoms with Gasteiger partial charge in [0.25, 0.3) is 0 Å². The average Bonchev–Trinajstić information content (AvgIpc) is 1.67. The van der Waals surface area contributed by atoms with Gasteiger partial charge in [0.15, 0.2) is 0 Å². The molecule has 0 aliphatic carbocycles. The van der Waals surface area contributed by atoms with Gasteiger partial charge in [0.05, 0.1) is 5.69 Å². The lowest BCUT2D eigenvalue weighted by Gasteiger charge is -2.46. The Morgan fingerprint density at radius 2 is 0.856 bits per heavy atom. The molecule has 15 aromatic rings. The van der Waals surface area contributed by atoms with Gasteiger partial charge in [-0.25, -0.2) is 0 Å². The molecule has 474 valence electrons. The van der Waals surface area contributed by atoms with E-state index in [0.717, 1.165) is 129 Å². The molecule has 0 radical (unpaired) electrons. The fourth-order valence-electron chi connectivity index (χ4n) is 15.2. The smallest absolute Gasteiger partial charge is 0.333 e. The van der Waals surface area contributed by atoms with Crippen molar-refractivity contribution < 1.29 is 8.83 Å². The van der Waals surface area contributed by atoms with E-state index in [0.29, 0.717) is 0 Å². The van der Waals surface area contributed by atoms with E-state index in [1.807, 2.05) is 11.3 Å². The summed E-state index contributed by atoms with van der Waals surface area (Å²) in [5.41, 5.74) is 24.5. The molecule has 0 saturated heterocycles. The van der Waals surface area contributed by atoms with Gasteiger partial charge < -0.3 is 23.4 Å². The second-order valence-corrected chi connectivity index (χ2v) is 32.0. The molecule has 0 atom stereocenters. The first kappa shape index (κ1) is 60.3. The van der Waals surface area contributed by atoms with Crippen LogP contribution in [0.1, 0.15) is 105 Å². The van der Waals surface area contributed by atoms with Crippen LogP contribution in [0.2, 0.25) is 0 Å². The Labute approximate surface area is 574 Å². The van der Waals surface area contributed by atoms with Gasteiger partial charge in [-0.1, -0.05) is 247 Å². The SMILES string of the molecule is CC(C)(C)c1ccc(N2B3c4cc5c(-c6ccccc6)oc(-c6ccccc6)c5cc4N(c4ccc(C(C)(C)C)cc4-c4ccccc4)c4cc5c(oc6ccccc65)c(c43)-c3cc4c(cc32)sc2cc(N(c3ccc(C(C)(C)C)cc3)c3ccc(C(C)(C)C)cc3)ccc24)cc1. The molecular formula is C90H78BN3O2S. The maximum atomic E-state index is 7.45. The van der Waals surface area contributed by atoms with Crippen molar-refractivity contribution in [1.29, 1.82) is 0 Å². The van der Waals surface area contributed by atoms with Crippen molar-refractivity contribution in [1.82, 2.24) is 0 Å². The third-order valence-corrected chi connectivity index (χ3v) is 21.6. The summed E-state index contributed by atoms with van der Waals surface area (Å²) in [6, 6.07) is 95.5. The number of hydrogen-bond donors (Lipinski definition) is 0. The molecule has 0 N–H and O–H groups in total. The third kappa shape index (κ3) is 10.0. The molecule has 2 aliphatic rings. The normalized spacial score (nSPS) is 13.3. The molecule has 0 bridgehead atoms. The van der Waals surface area contributed by atoms with Gasteiger partial charge in [-0.15, -0.1) is 11.3 Å². The monoisotopic (exact) mass is 1280 g/mol. The largest absolute Gasteiger partial charge is 0.455 e. The second kappa shape index (κ2) is 22.1. The number of anilines is 8. The Morgan fingerprint density at radius 3 is 1.44 bits per heavy atom. The zero-order valence-corrected chi connectivity index (χ0v) is 58.2. The summed E-state index contributed by atoms with van der Waals surface area (Å²) >= 11 is 1.88. The Kier molecular flexibility index (Phi) is 13.8. The molecule has 0 saturated carbocycles. The Hall–Kier alpha value is -10.3. The third-order valence-electron chi connectivity index (χ3n) is 20.5. The van der Waals surface area contributed by atoms with Crippen LogP contribution < -0.4 is 25.5 Å². The fraction of sp³-hybridized carbons (Fsp3) is 0.178. The quantitative estimate of drug-likeness (QED) is 0.142. The van der Waals surface area contributed by atoms with E-state index in [1.165, 1.54) is 47.9 Å². The van der Waals surface area contributed by atoms with E-state index in [2.05, 4.69) is 352 Å². The van der Waals surface area contributed by atoms with Gasteiger partial charge in [0.1, 0.15) is 22.7 Å². The molecule has 97 heavy (non-hydrogen) atoms. The highest BCUT2D eigenvalue weighted by molar-refractivity contribution is 7.26. The van der Waals surface area contributed by atoms with E-state index >= 15 is 0 Å². The molecule has 2 aliphatic heterocycles. The van der Waals surface area contributed by atoms with Crippen molar-refractivity contribution in [2.45, 2.75) is 105 Å². The lowest BCUT2D eigenvalue weighted by atomic mass is 9.43. The summed E-state index contributed by atoms with van der Waals surface area (Å²) in [4.78, 5) is 7.71. The Bertz CT molecular complexity index is 5540. The molecule has 5 heterocycles. The van der Waals surface area contributed by atoms with Crippen LogP contribution in [-0.4, -0.2) is 6.85 Å². The minimum atomic E-state index is -0.361. The molecule has 0 unspecified atom stereocenters. The molecule has 0 spiro atoms. The van der Waals surface area contributed by atoms with E-state index in [9.17, 15) is 0 Å². The van der Waals surface area contributed by atoms with Crippen LogP contribution in [0.3, 0.4) is 0 Å². The first-order valence-corrected chi connectivity index (χ1v) is 35.1. The molecule has 0 amide bonds. The van der Waals surface area contributed by atoms with E-state index < -0.39 is 0 Å². The molecule has 3 aromatic heterocycles. The van der Waals surface area contributed by atoms with Crippen molar-refractivity contribution in [3.8, 4) is 44.9 Å². The molecule has 7 heteroatoms. The van der Waals surface area contributed by atoms with Crippen molar-refractivity contribution in [3.05, 3.63) is 277 Å². The number of fused-ring (bicyclic) bond motifs is 12. The second-order valence-electron chi connectivity index (χ2n) is 30.9. The van der Waals surface area contributed by atoms with Gasteiger partial charge in [-0.05, 0) is 151 Å². The van der Waals surface area contributed by atoms with E-state index in [4.69, 9.17) is 8.83 Å². The van der Waals surface area contributed by atoms with Gasteiger partial charge in [-0.3, -0.25) is 0 Å². The number of nitrogens with zero attached hydrogens (tertiary/aromatic N) is 3. The van der Waals surface area contributed by atoms with Crippen LogP contribution in [0.15, 0.2) is 264 Å². The molecular weight excluding hydrogens is 1200 g/mol. The van der Waals surface area contributed by atoms with Gasteiger partial charge in [-0.2, -0.15) is 0 Å². The first-order chi connectivity index (χ1) is 46.6. The number of para-hydroxylation sites is 1. The number of furan rings is 2. The average molecular weight is 1280 g/mol. The topological polar surface area (TPSA) is 36.0 Å². The van der Waals surface area contributed by atoms with Crippen molar-refractivity contribution >= 4 is 127 Å². The predicted molar refractivity (Wildman–Crippen MR) is 416 cm³/mol. The molecule has 0 fully saturated rings. The predicted octanol–water partition coefficient (Wildman–Crippen LogP) is 25.1. The summed E-state index contributed by atoms with van der Waals surface area (Å²) in [6.07, 6.45) is 0. The summed E-state index contributed by atoms with van der Waals surface area (Å²) in [5.74, 6) is 1.68. The van der Waals surface area contributed by atoms with Crippen molar-refractivity contribution in [2.75, 3.05) is 14.6 Å². The Morgan fingerprint density at radius 1 is 0.351 bits per heavy atom. The number of benzene rings is 12. The van der Waals surface area contributed by atoms with Gasteiger partial charge in [0.2, 0.25) is 0 Å². The number of thiophene rings is 1. The number of hydrogen-bond acceptors (Lipinski definition) is 6. The van der Waals surface area contributed by atoms with Crippen LogP contribution in [0.5, 0.6) is 0 Å². The van der Waals surface area contributed by atoms with Crippen LogP contribution in [0, 0.1) is 0 Å². The van der Waals surface area contributed by atoms with E-state index in [-0.39, 0.29) is 28.5 Å². The van der Waals surface area contributed by atoms with Crippen LogP contribution >= 0.6 is 11.3 Å². The van der Waals surface area contributed by atoms with Crippen LogP contribution in [0.25, 0.3) is 97.8 Å². The lowest BCUT2D eigenvalue weighted by Crippen LogP contribution is -2.61. The highest BCUT2D eigenvalue weighted by atomic mass is 32.1. The van der Waals surface area contributed by atoms with Gasteiger partial charge in [0, 0.05) is 109 Å². The lowest BCUT2D eigenvalue weighted by molar-refractivity contribution is 0.590. The summed E-state index contributed by atoms with van der Waals surface area (Å²) in [5, 5.41) is 6.68. The highest BCUT2D eigenvalue weighted by Gasteiger charge is 2.48.